The Hall–Kier alpha value is -1.50. The van der Waals surface area contributed by atoms with Crippen molar-refractivity contribution < 1.29 is 14.7 Å². The fourth-order valence-corrected chi connectivity index (χ4v) is 2.89. The van der Waals surface area contributed by atoms with Crippen molar-refractivity contribution in [2.45, 2.75) is 38.5 Å². The van der Waals surface area contributed by atoms with Gasteiger partial charge in [-0.2, -0.15) is 8.75 Å². The molecular weight excluding hydrogens is 266 g/mol. The summed E-state index contributed by atoms with van der Waals surface area (Å²) in [6, 6.07) is 0. The van der Waals surface area contributed by atoms with Crippen molar-refractivity contribution in [3.63, 3.8) is 0 Å². The molecule has 0 unspecified atom stereocenters. The van der Waals surface area contributed by atoms with Crippen molar-refractivity contribution >= 4 is 23.6 Å². The van der Waals surface area contributed by atoms with E-state index >= 15 is 0 Å². The van der Waals surface area contributed by atoms with Crippen LogP contribution in [0.4, 0.5) is 0 Å². The van der Waals surface area contributed by atoms with E-state index < -0.39 is 11.4 Å². The maximum absolute atomic E-state index is 11.8. The van der Waals surface area contributed by atoms with Gasteiger partial charge in [0.2, 0.25) is 0 Å². The van der Waals surface area contributed by atoms with Crippen molar-refractivity contribution in [1.29, 1.82) is 0 Å². The number of rotatable bonds is 4. The topological polar surface area (TPSA) is 92.2 Å². The van der Waals surface area contributed by atoms with Gasteiger partial charge < -0.3 is 10.4 Å². The lowest BCUT2D eigenvalue weighted by Crippen LogP contribution is -2.43. The third kappa shape index (κ3) is 3.28. The molecule has 1 heterocycles. The molecule has 2 rings (SSSR count). The summed E-state index contributed by atoms with van der Waals surface area (Å²) in [4.78, 5) is 23.4. The van der Waals surface area contributed by atoms with Gasteiger partial charge in [0.1, 0.15) is 0 Å². The van der Waals surface area contributed by atoms with Gasteiger partial charge in [0.15, 0.2) is 5.69 Å². The molecule has 0 bridgehead atoms. The number of nitrogens with zero attached hydrogens (tertiary/aromatic N) is 2. The normalized spacial score (nSPS) is 18.5. The fourth-order valence-electron chi connectivity index (χ4n) is 2.48. The minimum absolute atomic E-state index is 0.165. The van der Waals surface area contributed by atoms with Crippen molar-refractivity contribution in [1.82, 2.24) is 14.1 Å². The SMILES string of the molecule is O=C(NCC1(C(=O)O)CCCCCC1)c1cnsn1. The van der Waals surface area contributed by atoms with Crippen LogP contribution in [0.3, 0.4) is 0 Å². The second-order valence-corrected chi connectivity index (χ2v) is 5.53. The van der Waals surface area contributed by atoms with Crippen LogP contribution in [-0.4, -0.2) is 32.3 Å². The highest BCUT2D eigenvalue weighted by Crippen LogP contribution is 2.34. The Morgan fingerprint density at radius 3 is 2.53 bits per heavy atom. The Morgan fingerprint density at radius 2 is 2.00 bits per heavy atom. The predicted molar refractivity (Wildman–Crippen MR) is 70.0 cm³/mol. The van der Waals surface area contributed by atoms with Gasteiger partial charge in [-0.1, -0.05) is 25.7 Å². The van der Waals surface area contributed by atoms with E-state index in [1.807, 2.05) is 0 Å². The summed E-state index contributed by atoms with van der Waals surface area (Å²) in [6.07, 6.45) is 6.58. The molecule has 6 nitrogen and oxygen atoms in total. The smallest absolute Gasteiger partial charge is 0.311 e. The quantitative estimate of drug-likeness (QED) is 0.820. The zero-order valence-electron chi connectivity index (χ0n) is 10.6. The third-order valence-electron chi connectivity index (χ3n) is 3.70. The van der Waals surface area contributed by atoms with Gasteiger partial charge in [0.05, 0.1) is 23.3 Å². The van der Waals surface area contributed by atoms with E-state index in [-0.39, 0.29) is 18.1 Å². The number of carboxylic acid groups (broad SMARTS) is 1. The van der Waals surface area contributed by atoms with Crippen molar-refractivity contribution in [3.8, 4) is 0 Å². The van der Waals surface area contributed by atoms with Crippen LogP contribution in [0.15, 0.2) is 6.20 Å². The number of carboxylic acids is 1. The van der Waals surface area contributed by atoms with E-state index in [1.165, 1.54) is 6.20 Å². The molecular formula is C12H17N3O3S. The van der Waals surface area contributed by atoms with Crippen LogP contribution in [0.1, 0.15) is 49.0 Å². The average molecular weight is 283 g/mol. The molecule has 1 aromatic heterocycles. The number of amides is 1. The third-order valence-corrected chi connectivity index (χ3v) is 4.17. The van der Waals surface area contributed by atoms with Gasteiger partial charge in [0.25, 0.3) is 5.91 Å². The lowest BCUT2D eigenvalue weighted by atomic mass is 9.80. The van der Waals surface area contributed by atoms with Crippen LogP contribution >= 0.6 is 11.7 Å². The molecule has 1 aromatic rings. The molecule has 2 N–H and O–H groups in total. The van der Waals surface area contributed by atoms with Crippen LogP contribution in [-0.2, 0) is 4.79 Å². The van der Waals surface area contributed by atoms with Crippen LogP contribution in [0, 0.1) is 5.41 Å². The molecule has 104 valence electrons. The first kappa shape index (κ1) is 13.9. The van der Waals surface area contributed by atoms with Crippen LogP contribution in [0.5, 0.6) is 0 Å². The maximum Gasteiger partial charge on any atom is 0.311 e. The maximum atomic E-state index is 11.8. The first-order chi connectivity index (χ1) is 9.14. The van der Waals surface area contributed by atoms with E-state index in [9.17, 15) is 14.7 Å². The van der Waals surface area contributed by atoms with Crippen molar-refractivity contribution in [3.05, 3.63) is 11.9 Å². The Balaban J connectivity index is 2.00. The first-order valence-corrected chi connectivity index (χ1v) is 7.16. The summed E-state index contributed by atoms with van der Waals surface area (Å²) in [5.74, 6) is -1.16. The number of nitrogens with one attached hydrogen (secondary N) is 1. The lowest BCUT2D eigenvalue weighted by Gasteiger charge is -2.28. The molecule has 0 spiro atoms. The Bertz CT molecular complexity index is 439. The average Bonchev–Trinajstić information content (AvgIpc) is 2.82. The van der Waals surface area contributed by atoms with Gasteiger partial charge in [-0.05, 0) is 12.8 Å². The minimum Gasteiger partial charge on any atom is -0.481 e. The van der Waals surface area contributed by atoms with E-state index in [2.05, 4.69) is 14.1 Å². The van der Waals surface area contributed by atoms with Gasteiger partial charge in [-0.3, -0.25) is 9.59 Å². The summed E-state index contributed by atoms with van der Waals surface area (Å²) in [6.45, 7) is 0.165. The van der Waals surface area contributed by atoms with E-state index in [0.717, 1.165) is 37.4 Å². The molecule has 1 aliphatic carbocycles. The fraction of sp³-hybridized carbons (Fsp3) is 0.667. The van der Waals surface area contributed by atoms with Gasteiger partial charge in [0, 0.05) is 6.54 Å². The van der Waals surface area contributed by atoms with Crippen LogP contribution in [0.2, 0.25) is 0 Å². The zero-order chi connectivity index (χ0) is 13.7. The van der Waals surface area contributed by atoms with Crippen molar-refractivity contribution in [2.24, 2.45) is 5.41 Å². The highest BCUT2D eigenvalue weighted by molar-refractivity contribution is 6.99. The molecule has 0 aliphatic heterocycles. The number of hydrogen-bond donors (Lipinski definition) is 2. The largest absolute Gasteiger partial charge is 0.481 e. The highest BCUT2D eigenvalue weighted by atomic mass is 32.1. The number of aliphatic carboxylic acids is 1. The Labute approximate surface area is 115 Å². The van der Waals surface area contributed by atoms with Crippen LogP contribution < -0.4 is 5.32 Å². The van der Waals surface area contributed by atoms with Gasteiger partial charge in [-0.25, -0.2) is 0 Å². The monoisotopic (exact) mass is 283 g/mol. The molecule has 19 heavy (non-hydrogen) atoms. The molecule has 7 heteroatoms. The summed E-state index contributed by atoms with van der Waals surface area (Å²) in [5.41, 5.74) is -0.575. The second kappa shape index (κ2) is 6.10. The van der Waals surface area contributed by atoms with Gasteiger partial charge in [-0.15, -0.1) is 0 Å². The molecule has 0 atom stereocenters. The summed E-state index contributed by atoms with van der Waals surface area (Å²) in [7, 11) is 0. The number of carbonyl (C=O) groups is 2. The predicted octanol–water partition coefficient (Wildman–Crippen LogP) is 1.69. The van der Waals surface area contributed by atoms with E-state index in [0.29, 0.717) is 12.8 Å². The molecule has 1 saturated carbocycles. The van der Waals surface area contributed by atoms with Crippen LogP contribution in [0.25, 0.3) is 0 Å². The molecule has 0 radical (unpaired) electrons. The number of hydrogen-bond acceptors (Lipinski definition) is 5. The molecule has 0 saturated heterocycles. The molecule has 0 aromatic carbocycles. The second-order valence-electron chi connectivity index (χ2n) is 4.98. The summed E-state index contributed by atoms with van der Waals surface area (Å²) >= 11 is 0.961. The van der Waals surface area contributed by atoms with Gasteiger partial charge >= 0.3 is 5.97 Å². The first-order valence-electron chi connectivity index (χ1n) is 6.43. The standard InChI is InChI=1S/C12H17N3O3S/c16-10(9-7-14-19-15-9)13-8-12(11(17)18)5-3-1-2-4-6-12/h7H,1-6,8H2,(H,13,16)(H,17,18). The minimum atomic E-state index is -0.824. The molecule has 1 amide bonds. The van der Waals surface area contributed by atoms with E-state index in [1.54, 1.807) is 0 Å². The molecule has 1 aliphatic rings. The molecule has 1 fully saturated rings. The number of aromatic nitrogens is 2. The lowest BCUT2D eigenvalue weighted by molar-refractivity contribution is -0.149. The summed E-state index contributed by atoms with van der Waals surface area (Å²) in [5, 5.41) is 12.2. The van der Waals surface area contributed by atoms with Crippen molar-refractivity contribution in [2.75, 3.05) is 6.54 Å². The Morgan fingerprint density at radius 1 is 1.32 bits per heavy atom. The zero-order valence-corrected chi connectivity index (χ0v) is 11.4. The summed E-state index contributed by atoms with van der Waals surface area (Å²) < 4.78 is 7.60. The Kier molecular flexibility index (Phi) is 4.47. The van der Waals surface area contributed by atoms with E-state index in [4.69, 9.17) is 0 Å². The number of carbonyl (C=O) groups excluding carboxylic acids is 1. The highest BCUT2D eigenvalue weighted by Gasteiger charge is 2.39.